The first-order valence-electron chi connectivity index (χ1n) is 6.14. The molecule has 2 aromatic rings. The second kappa shape index (κ2) is 4.21. The highest BCUT2D eigenvalue weighted by molar-refractivity contribution is 5.85. The molecule has 0 amide bonds. The summed E-state index contributed by atoms with van der Waals surface area (Å²) in [5.41, 5.74) is 0.897. The van der Waals surface area contributed by atoms with Crippen molar-refractivity contribution in [3.8, 4) is 0 Å². The summed E-state index contributed by atoms with van der Waals surface area (Å²) in [6.45, 7) is 2.05. The van der Waals surface area contributed by atoms with Crippen molar-refractivity contribution in [3.05, 3.63) is 46.1 Å². The van der Waals surface area contributed by atoms with Crippen LogP contribution in [0.2, 0.25) is 0 Å². The van der Waals surface area contributed by atoms with Gasteiger partial charge in [0, 0.05) is 12.7 Å². The Bertz CT molecular complexity index is 650. The van der Waals surface area contributed by atoms with E-state index in [1.807, 2.05) is 0 Å². The molecule has 0 radical (unpaired) electrons. The van der Waals surface area contributed by atoms with Crippen molar-refractivity contribution in [2.24, 2.45) is 0 Å². The van der Waals surface area contributed by atoms with E-state index in [1.54, 1.807) is 12.3 Å². The van der Waals surface area contributed by atoms with Crippen molar-refractivity contribution < 1.29 is 4.39 Å². The van der Waals surface area contributed by atoms with Crippen LogP contribution in [0.5, 0.6) is 0 Å². The summed E-state index contributed by atoms with van der Waals surface area (Å²) in [6, 6.07) is 4.45. The molecule has 1 aromatic carbocycles. The lowest BCUT2D eigenvalue weighted by Crippen LogP contribution is -2.15. The average Bonchev–Trinajstić information content (AvgIpc) is 2.77. The number of hydrogen-bond donors (Lipinski definition) is 1. The number of fused-ring (bicyclic) bond motifs is 1. The van der Waals surface area contributed by atoms with Crippen molar-refractivity contribution in [3.63, 3.8) is 0 Å². The molecular formula is C14H15FN2O. The highest BCUT2D eigenvalue weighted by atomic mass is 19.1. The maximum atomic E-state index is 13.2. The van der Waals surface area contributed by atoms with Crippen LogP contribution < -0.4 is 5.56 Å². The fourth-order valence-electron chi connectivity index (χ4n) is 2.78. The molecule has 1 aliphatic rings. The zero-order valence-electron chi connectivity index (χ0n) is 10.2. The molecule has 0 aliphatic carbocycles. The van der Waals surface area contributed by atoms with Crippen molar-refractivity contribution in [2.75, 3.05) is 20.1 Å². The first-order valence-corrected chi connectivity index (χ1v) is 6.14. The average molecular weight is 246 g/mol. The van der Waals surface area contributed by atoms with Gasteiger partial charge in [0.2, 0.25) is 0 Å². The highest BCUT2D eigenvalue weighted by Crippen LogP contribution is 2.30. The van der Waals surface area contributed by atoms with Gasteiger partial charge in [-0.05, 0) is 49.0 Å². The minimum atomic E-state index is -0.367. The Balaban J connectivity index is 2.18. The van der Waals surface area contributed by atoms with E-state index in [2.05, 4.69) is 16.9 Å². The van der Waals surface area contributed by atoms with Gasteiger partial charge in [-0.15, -0.1) is 0 Å². The Morgan fingerprint density at radius 2 is 2.22 bits per heavy atom. The third-order valence-corrected chi connectivity index (χ3v) is 3.73. The maximum Gasteiger partial charge on any atom is 0.255 e. The molecule has 94 valence electrons. The predicted octanol–water partition coefficient (Wildman–Crippen LogP) is 2.09. The summed E-state index contributed by atoms with van der Waals surface area (Å²) in [5, 5.41) is 1.32. The standard InChI is InChI=1S/C14H15FN2O/c1-17-5-4-9(8-17)13-7-16-14(18)12-6-10(15)2-3-11(12)13/h2-3,6-7,9H,4-5,8H2,1H3,(H,16,18). The number of hydrogen-bond acceptors (Lipinski definition) is 2. The summed E-state index contributed by atoms with van der Waals surface area (Å²) in [4.78, 5) is 16.7. The van der Waals surface area contributed by atoms with Crippen molar-refractivity contribution >= 4 is 10.8 Å². The number of rotatable bonds is 1. The van der Waals surface area contributed by atoms with Crippen LogP contribution in [-0.4, -0.2) is 30.0 Å². The summed E-state index contributed by atoms with van der Waals surface area (Å²) >= 11 is 0. The second-order valence-electron chi connectivity index (χ2n) is 5.01. The van der Waals surface area contributed by atoms with Gasteiger partial charge in [0.1, 0.15) is 5.82 Å². The molecular weight excluding hydrogens is 231 g/mol. The van der Waals surface area contributed by atoms with Gasteiger partial charge >= 0.3 is 0 Å². The normalized spacial score (nSPS) is 20.7. The molecule has 3 nitrogen and oxygen atoms in total. The molecule has 0 saturated carbocycles. The van der Waals surface area contributed by atoms with E-state index in [0.29, 0.717) is 11.3 Å². The number of benzene rings is 1. The van der Waals surface area contributed by atoms with Gasteiger partial charge in [-0.2, -0.15) is 0 Å². The summed E-state index contributed by atoms with van der Waals surface area (Å²) in [7, 11) is 2.09. The lowest BCUT2D eigenvalue weighted by atomic mass is 9.95. The van der Waals surface area contributed by atoms with Crippen LogP contribution in [0.1, 0.15) is 17.9 Å². The minimum absolute atomic E-state index is 0.223. The molecule has 1 aromatic heterocycles. The number of pyridine rings is 1. The van der Waals surface area contributed by atoms with Gasteiger partial charge < -0.3 is 9.88 Å². The van der Waals surface area contributed by atoms with Crippen LogP contribution >= 0.6 is 0 Å². The number of aromatic amines is 1. The number of likely N-dealkylation sites (N-methyl/N-ethyl adjacent to an activating group) is 1. The van der Waals surface area contributed by atoms with Gasteiger partial charge in [-0.3, -0.25) is 4.79 Å². The lowest BCUT2D eigenvalue weighted by molar-refractivity contribution is 0.412. The zero-order valence-corrected chi connectivity index (χ0v) is 10.2. The molecule has 4 heteroatoms. The summed E-state index contributed by atoms with van der Waals surface area (Å²) in [6.07, 6.45) is 2.86. The van der Waals surface area contributed by atoms with Gasteiger partial charge in [0.15, 0.2) is 0 Å². The molecule has 1 fully saturated rings. The summed E-state index contributed by atoms with van der Waals surface area (Å²) < 4.78 is 13.2. The van der Waals surface area contributed by atoms with E-state index >= 15 is 0 Å². The van der Waals surface area contributed by atoms with Crippen LogP contribution in [0.15, 0.2) is 29.2 Å². The van der Waals surface area contributed by atoms with Gasteiger partial charge in [0.05, 0.1) is 5.39 Å². The molecule has 3 rings (SSSR count). The third-order valence-electron chi connectivity index (χ3n) is 3.73. The zero-order chi connectivity index (χ0) is 12.7. The Morgan fingerprint density at radius 1 is 1.39 bits per heavy atom. The van der Waals surface area contributed by atoms with E-state index in [1.165, 1.54) is 12.1 Å². The lowest BCUT2D eigenvalue weighted by Gasteiger charge is -2.13. The van der Waals surface area contributed by atoms with Gasteiger partial charge in [-0.25, -0.2) is 4.39 Å². The van der Waals surface area contributed by atoms with E-state index in [9.17, 15) is 9.18 Å². The first kappa shape index (κ1) is 11.4. The smallest absolute Gasteiger partial charge is 0.255 e. The van der Waals surface area contributed by atoms with Gasteiger partial charge in [-0.1, -0.05) is 6.07 Å². The SMILES string of the molecule is CN1CCC(c2c[nH]c(=O)c3cc(F)ccc23)C1. The highest BCUT2D eigenvalue weighted by Gasteiger charge is 2.23. The molecule has 1 unspecified atom stereocenters. The third kappa shape index (κ3) is 1.82. The molecule has 2 heterocycles. The molecule has 0 spiro atoms. The fourth-order valence-corrected chi connectivity index (χ4v) is 2.78. The van der Waals surface area contributed by atoms with E-state index in [0.717, 1.165) is 30.5 Å². The minimum Gasteiger partial charge on any atom is -0.328 e. The van der Waals surface area contributed by atoms with Crippen LogP contribution in [-0.2, 0) is 0 Å². The van der Waals surface area contributed by atoms with Crippen LogP contribution in [0.25, 0.3) is 10.8 Å². The van der Waals surface area contributed by atoms with Crippen molar-refractivity contribution in [2.45, 2.75) is 12.3 Å². The molecule has 1 aliphatic heterocycles. The molecule has 1 atom stereocenters. The molecule has 0 bridgehead atoms. The topological polar surface area (TPSA) is 36.1 Å². The summed E-state index contributed by atoms with van der Waals surface area (Å²) in [5.74, 6) is 0.0495. The number of halogens is 1. The maximum absolute atomic E-state index is 13.2. The van der Waals surface area contributed by atoms with E-state index in [-0.39, 0.29) is 11.4 Å². The van der Waals surface area contributed by atoms with E-state index < -0.39 is 0 Å². The number of nitrogens with one attached hydrogen (secondary N) is 1. The molecule has 18 heavy (non-hydrogen) atoms. The predicted molar refractivity (Wildman–Crippen MR) is 69.4 cm³/mol. The van der Waals surface area contributed by atoms with Crippen LogP contribution in [0.4, 0.5) is 4.39 Å². The molecule has 1 saturated heterocycles. The van der Waals surface area contributed by atoms with Crippen molar-refractivity contribution in [1.82, 2.24) is 9.88 Å². The Morgan fingerprint density at radius 3 is 2.94 bits per heavy atom. The Hall–Kier alpha value is -1.68. The number of nitrogens with zero attached hydrogens (tertiary/aromatic N) is 1. The van der Waals surface area contributed by atoms with Crippen LogP contribution in [0.3, 0.4) is 0 Å². The first-order chi connectivity index (χ1) is 8.65. The number of likely N-dealkylation sites (tertiary alicyclic amines) is 1. The van der Waals surface area contributed by atoms with Crippen molar-refractivity contribution in [1.29, 1.82) is 0 Å². The Labute approximate surface area is 104 Å². The number of aromatic nitrogens is 1. The number of H-pyrrole nitrogens is 1. The second-order valence-corrected chi connectivity index (χ2v) is 5.01. The largest absolute Gasteiger partial charge is 0.328 e. The van der Waals surface area contributed by atoms with Crippen LogP contribution in [0, 0.1) is 5.82 Å². The quantitative estimate of drug-likeness (QED) is 0.836. The monoisotopic (exact) mass is 246 g/mol. The Kier molecular flexibility index (Phi) is 2.67. The van der Waals surface area contributed by atoms with E-state index in [4.69, 9.17) is 0 Å². The van der Waals surface area contributed by atoms with Gasteiger partial charge in [0.25, 0.3) is 5.56 Å². The fraction of sp³-hybridized carbons (Fsp3) is 0.357. The molecule has 1 N–H and O–H groups in total.